The summed E-state index contributed by atoms with van der Waals surface area (Å²) in [7, 11) is 9.87. The first-order valence-electron chi connectivity index (χ1n) is 25.2. The van der Waals surface area contributed by atoms with Gasteiger partial charge in [0.05, 0.1) is 0 Å². The van der Waals surface area contributed by atoms with Crippen LogP contribution in [0.3, 0.4) is 0 Å². The number of hydrogen-bond acceptors (Lipinski definition) is 0. The van der Waals surface area contributed by atoms with Crippen molar-refractivity contribution < 1.29 is 20.8 Å². The van der Waals surface area contributed by atoms with Crippen molar-refractivity contribution in [2.24, 2.45) is 69.0 Å². The van der Waals surface area contributed by atoms with Gasteiger partial charge in [-0.3, -0.25) is 0 Å². The van der Waals surface area contributed by atoms with E-state index >= 15 is 0 Å². The Balaban J connectivity index is 0.000000237. The summed E-state index contributed by atoms with van der Waals surface area (Å²) in [6.07, 6.45) is 23.5. The quantitative estimate of drug-likeness (QED) is 0.169. The van der Waals surface area contributed by atoms with Crippen LogP contribution in [0.2, 0.25) is 0 Å². The maximum atomic E-state index is 4.93. The molecule has 0 bridgehead atoms. The van der Waals surface area contributed by atoms with Crippen molar-refractivity contribution in [2.75, 3.05) is 0 Å². The van der Waals surface area contributed by atoms with Crippen molar-refractivity contribution in [1.29, 1.82) is 0 Å². The second kappa shape index (κ2) is 22.9. The van der Waals surface area contributed by atoms with Crippen LogP contribution in [0, 0.1) is 83.9 Å². The van der Waals surface area contributed by atoms with Gasteiger partial charge in [-0.15, -0.1) is 0 Å². The number of fused-ring (bicyclic) bond motifs is 6. The molecule has 4 aromatic carbocycles. The van der Waals surface area contributed by atoms with Gasteiger partial charge in [-0.25, -0.2) is 0 Å². The first-order valence-corrected chi connectivity index (χ1v) is 31.6. The summed E-state index contributed by atoms with van der Waals surface area (Å²) in [5, 5.41) is 0. The number of hydrogen-bond donors (Lipinski definition) is 0. The van der Waals surface area contributed by atoms with Crippen LogP contribution in [0.1, 0.15) is 132 Å². The van der Waals surface area contributed by atoms with Crippen LogP contribution in [0.4, 0.5) is 0 Å². The Kier molecular flexibility index (Phi) is 18.9. The molecule has 0 aliphatic heterocycles. The van der Waals surface area contributed by atoms with Crippen molar-refractivity contribution in [3.8, 4) is 22.3 Å². The first kappa shape index (κ1) is 57.7. The number of allylic oxidation sites excluding steroid dienone is 12. The molecule has 2 fully saturated rings. The maximum absolute atomic E-state index is 4.93. The molecule has 9 atom stereocenters. The molecule has 70 heavy (non-hydrogen) atoms. The molecule has 2 saturated carbocycles. The average Bonchev–Trinajstić information content (AvgIpc) is 4.08. The molecule has 372 valence electrons. The van der Waals surface area contributed by atoms with Gasteiger partial charge in [0.15, 0.2) is 0 Å². The fraction of sp³-hybridized carbons (Fsp3) is 0.433. The fourth-order valence-electron chi connectivity index (χ4n) is 14.3. The zero-order chi connectivity index (χ0) is 48.1. The minimum atomic E-state index is -0.826. The Labute approximate surface area is 447 Å². The van der Waals surface area contributed by atoms with E-state index in [1.807, 2.05) is 0 Å². The number of benzene rings is 4. The zero-order valence-electron chi connectivity index (χ0n) is 44.5. The van der Waals surface area contributed by atoms with Gasteiger partial charge in [0.1, 0.15) is 0 Å². The van der Waals surface area contributed by atoms with Crippen molar-refractivity contribution in [1.82, 2.24) is 0 Å². The average molecular weight is 1050 g/mol. The van der Waals surface area contributed by atoms with Crippen molar-refractivity contribution >= 4 is 22.6 Å². The molecule has 0 N–H and O–H groups in total. The zero-order valence-corrected chi connectivity index (χ0v) is 48.5. The predicted octanol–water partition coefficient (Wildman–Crippen LogP) is 20.7. The molecule has 0 nitrogen and oxygen atoms in total. The van der Waals surface area contributed by atoms with Crippen LogP contribution < -0.4 is 0 Å². The van der Waals surface area contributed by atoms with E-state index in [0.717, 1.165) is 24.2 Å². The van der Waals surface area contributed by atoms with Gasteiger partial charge < -0.3 is 14.9 Å². The Morgan fingerprint density at radius 1 is 0.600 bits per heavy atom. The third-order valence-electron chi connectivity index (χ3n) is 17.5. The summed E-state index contributed by atoms with van der Waals surface area (Å²) >= 11 is -0.826. The summed E-state index contributed by atoms with van der Waals surface area (Å²) in [6.45, 7) is 29.5. The molecule has 0 spiro atoms. The minimum absolute atomic E-state index is 0. The molecule has 0 amide bonds. The molecule has 10 rings (SSSR count). The second-order valence-corrected chi connectivity index (χ2v) is 27.8. The Hall–Kier alpha value is -3.22. The van der Waals surface area contributed by atoms with E-state index in [4.69, 9.17) is 17.0 Å². The molecule has 6 aliphatic rings. The molecule has 0 aromatic heterocycles. The molecule has 3 heteroatoms. The number of halogens is 2. The summed E-state index contributed by atoms with van der Waals surface area (Å²) in [5.74, 6) is 5.95. The van der Waals surface area contributed by atoms with Crippen molar-refractivity contribution in [3.05, 3.63) is 200 Å². The Morgan fingerprint density at radius 2 is 1.14 bits per heavy atom. The molecule has 9 unspecified atom stereocenters. The molecular formula is C67H86Cl2Zr. The monoisotopic (exact) mass is 1050 g/mol. The molecular weight excluding hydrogens is 967 g/mol. The van der Waals surface area contributed by atoms with Crippen LogP contribution >= 0.6 is 17.0 Å². The molecule has 0 saturated heterocycles. The van der Waals surface area contributed by atoms with Gasteiger partial charge >= 0.3 is 37.9 Å². The fourth-order valence-corrected chi connectivity index (χ4v) is 14.3. The Bertz CT molecular complexity index is 2590. The third kappa shape index (κ3) is 11.0. The van der Waals surface area contributed by atoms with E-state index < -0.39 is 20.8 Å². The van der Waals surface area contributed by atoms with Crippen LogP contribution in [0.5, 0.6) is 0 Å². The van der Waals surface area contributed by atoms with Crippen LogP contribution in [-0.2, 0) is 20.8 Å². The van der Waals surface area contributed by atoms with E-state index in [1.54, 1.807) is 11.1 Å². The number of rotatable bonds is 6. The normalized spacial score (nSPS) is 25.9. The SMILES string of the molecule is C.CC1=C(C(C)(C)C2c3ccccc3-c3c(-c4ccccc4)cccc32)C=C(C(C)(C)C)C1.CC1CC(C(C)(C)C)CC1C(C)(C)C1C2C=CC=CC2C2C(c3ccccc3)=CC=CC21.[CH3-].[CH3-].[Cl][Zr+2][Cl]. The summed E-state index contributed by atoms with van der Waals surface area (Å²) < 4.78 is 0. The van der Waals surface area contributed by atoms with Gasteiger partial charge in [-0.05, 0) is 140 Å². The third-order valence-corrected chi connectivity index (χ3v) is 17.5. The van der Waals surface area contributed by atoms with E-state index in [2.05, 4.69) is 235 Å². The standard InChI is InChI=1S/C32H42.C32H34.CH4.2CH3.2ClH.Zr/c2*1-21-19-23(31(2,3)4)20-28(21)32(5,6)30-26-16-11-10-15-25(26)29-24(17-12-18-27(29)30)22-13-8-7-9-14-22;;;;;;/h7-18,21,23,25-30H,19-20H2,1-6H3;7-18,20,30H,19H2,1-6H3;1H4;2*1H3;2*1H;/q;;;2*-1;;;+4/p-2. The van der Waals surface area contributed by atoms with Crippen molar-refractivity contribution in [2.45, 2.75) is 116 Å². The predicted molar refractivity (Wildman–Crippen MR) is 307 cm³/mol. The van der Waals surface area contributed by atoms with E-state index in [-0.39, 0.29) is 33.1 Å². The van der Waals surface area contributed by atoms with E-state index in [0.29, 0.717) is 46.3 Å². The van der Waals surface area contributed by atoms with Gasteiger partial charge in [0.25, 0.3) is 0 Å². The molecule has 0 heterocycles. The van der Waals surface area contributed by atoms with E-state index in [1.165, 1.54) is 62.9 Å². The molecule has 0 radical (unpaired) electrons. The van der Waals surface area contributed by atoms with Gasteiger partial charge in [0, 0.05) is 11.3 Å². The summed E-state index contributed by atoms with van der Waals surface area (Å²) in [4.78, 5) is 0. The van der Waals surface area contributed by atoms with E-state index in [9.17, 15) is 0 Å². The molecule has 4 aromatic rings. The van der Waals surface area contributed by atoms with Crippen LogP contribution in [0.15, 0.2) is 168 Å². The summed E-state index contributed by atoms with van der Waals surface area (Å²) in [5.41, 5.74) is 16.9. The molecule has 6 aliphatic carbocycles. The topological polar surface area (TPSA) is 0 Å². The van der Waals surface area contributed by atoms with Gasteiger partial charge in [0.2, 0.25) is 0 Å². The van der Waals surface area contributed by atoms with Crippen molar-refractivity contribution in [3.63, 3.8) is 0 Å². The Morgan fingerprint density at radius 3 is 1.73 bits per heavy atom. The summed E-state index contributed by atoms with van der Waals surface area (Å²) in [6, 6.07) is 38.0. The van der Waals surface area contributed by atoms with Gasteiger partial charge in [-0.2, -0.15) is 0 Å². The second-order valence-electron chi connectivity index (χ2n) is 24.1. The van der Waals surface area contributed by atoms with Crippen LogP contribution in [-0.4, -0.2) is 0 Å². The van der Waals surface area contributed by atoms with Crippen LogP contribution in [0.25, 0.3) is 27.8 Å². The van der Waals surface area contributed by atoms with Gasteiger partial charge in [-0.1, -0.05) is 246 Å². The first-order chi connectivity index (χ1) is 31.8.